The van der Waals surface area contributed by atoms with Crippen molar-refractivity contribution in [2.75, 3.05) is 13.1 Å². The molecule has 2 unspecified atom stereocenters. The molecule has 0 amide bonds. The van der Waals surface area contributed by atoms with E-state index in [-0.39, 0.29) is 0 Å². The lowest BCUT2D eigenvalue weighted by atomic mass is 9.92. The summed E-state index contributed by atoms with van der Waals surface area (Å²) >= 11 is 0. The molecule has 0 aromatic rings. The second kappa shape index (κ2) is 1.98. The zero-order valence-electron chi connectivity index (χ0n) is 5.84. The molecular formula is C8H14N. The second-order valence-electron chi connectivity index (χ2n) is 3.25. The predicted molar refractivity (Wildman–Crippen MR) is 38.1 cm³/mol. The van der Waals surface area contributed by atoms with E-state index in [4.69, 9.17) is 0 Å². The fourth-order valence-corrected chi connectivity index (χ4v) is 2.27. The van der Waals surface area contributed by atoms with Crippen molar-refractivity contribution in [1.82, 2.24) is 4.90 Å². The molecule has 0 bridgehead atoms. The molecular weight excluding hydrogens is 110 g/mol. The Morgan fingerprint density at radius 3 is 3.00 bits per heavy atom. The SMILES string of the molecule is [CH2]CN1CC2CCCC21. The van der Waals surface area contributed by atoms with Gasteiger partial charge in [0.1, 0.15) is 0 Å². The topological polar surface area (TPSA) is 3.24 Å². The number of hydrogen-bond acceptors (Lipinski definition) is 1. The third kappa shape index (κ3) is 0.710. The highest BCUT2D eigenvalue weighted by Crippen LogP contribution is 2.38. The largest absolute Gasteiger partial charge is 0.300 e. The summed E-state index contributed by atoms with van der Waals surface area (Å²) in [7, 11) is 0. The van der Waals surface area contributed by atoms with Crippen LogP contribution in [-0.2, 0) is 0 Å². The Kier molecular flexibility index (Phi) is 1.26. The van der Waals surface area contributed by atoms with Gasteiger partial charge in [-0.25, -0.2) is 0 Å². The summed E-state index contributed by atoms with van der Waals surface area (Å²) in [5, 5.41) is 0. The van der Waals surface area contributed by atoms with Crippen molar-refractivity contribution in [3.05, 3.63) is 6.92 Å². The Hall–Kier alpha value is -0.0400. The maximum absolute atomic E-state index is 3.89. The summed E-state index contributed by atoms with van der Waals surface area (Å²) in [5.41, 5.74) is 0. The van der Waals surface area contributed by atoms with E-state index in [9.17, 15) is 0 Å². The number of fused-ring (bicyclic) bond motifs is 1. The zero-order chi connectivity index (χ0) is 6.27. The van der Waals surface area contributed by atoms with E-state index in [1.807, 2.05) is 0 Å². The lowest BCUT2D eigenvalue weighted by molar-refractivity contribution is 0.0505. The van der Waals surface area contributed by atoms with E-state index in [1.165, 1.54) is 25.8 Å². The quantitative estimate of drug-likeness (QED) is 0.509. The highest BCUT2D eigenvalue weighted by Gasteiger charge is 2.40. The van der Waals surface area contributed by atoms with Gasteiger partial charge in [-0.05, 0) is 32.2 Å². The normalized spacial score (nSPS) is 42.3. The first-order valence-electron chi connectivity index (χ1n) is 3.95. The standard InChI is InChI=1S/C8H14N/c1-2-9-6-7-4-3-5-8(7)9/h7-8H,1-6H2. The van der Waals surface area contributed by atoms with Gasteiger partial charge in [0.2, 0.25) is 0 Å². The van der Waals surface area contributed by atoms with Crippen LogP contribution in [0.5, 0.6) is 0 Å². The van der Waals surface area contributed by atoms with Crippen molar-refractivity contribution in [3.63, 3.8) is 0 Å². The Bertz CT molecular complexity index is 111. The predicted octanol–water partition coefficient (Wildman–Crippen LogP) is 1.30. The van der Waals surface area contributed by atoms with Crippen molar-refractivity contribution in [1.29, 1.82) is 0 Å². The number of likely N-dealkylation sites (tertiary alicyclic amines) is 1. The summed E-state index contributed by atoms with van der Waals surface area (Å²) < 4.78 is 0. The first-order chi connectivity index (χ1) is 4.42. The van der Waals surface area contributed by atoms with Crippen LogP contribution in [0.4, 0.5) is 0 Å². The van der Waals surface area contributed by atoms with Gasteiger partial charge in [0.15, 0.2) is 0 Å². The van der Waals surface area contributed by atoms with Gasteiger partial charge in [0.05, 0.1) is 0 Å². The van der Waals surface area contributed by atoms with Gasteiger partial charge >= 0.3 is 0 Å². The molecule has 0 aromatic carbocycles. The van der Waals surface area contributed by atoms with Crippen LogP contribution in [0.25, 0.3) is 0 Å². The van der Waals surface area contributed by atoms with Gasteiger partial charge in [-0.15, -0.1) is 0 Å². The minimum atomic E-state index is 0.947. The summed E-state index contributed by atoms with van der Waals surface area (Å²) in [4.78, 5) is 2.50. The minimum absolute atomic E-state index is 0.947. The van der Waals surface area contributed by atoms with Gasteiger partial charge in [-0.2, -0.15) is 0 Å². The van der Waals surface area contributed by atoms with Gasteiger partial charge < -0.3 is 0 Å². The van der Waals surface area contributed by atoms with Crippen molar-refractivity contribution < 1.29 is 0 Å². The van der Waals surface area contributed by atoms with Crippen LogP contribution in [0.1, 0.15) is 19.3 Å². The third-order valence-electron chi connectivity index (χ3n) is 2.84. The van der Waals surface area contributed by atoms with Crippen molar-refractivity contribution in [2.24, 2.45) is 5.92 Å². The van der Waals surface area contributed by atoms with E-state index >= 15 is 0 Å². The van der Waals surface area contributed by atoms with Gasteiger partial charge in [-0.1, -0.05) is 6.42 Å². The summed E-state index contributed by atoms with van der Waals surface area (Å²) in [6.07, 6.45) is 4.40. The fourth-order valence-electron chi connectivity index (χ4n) is 2.27. The van der Waals surface area contributed by atoms with Crippen LogP contribution in [0.15, 0.2) is 0 Å². The maximum Gasteiger partial charge on any atom is 0.0136 e. The highest BCUT2D eigenvalue weighted by atomic mass is 15.2. The lowest BCUT2D eigenvalue weighted by Gasteiger charge is -2.43. The summed E-state index contributed by atoms with van der Waals surface area (Å²) in [6.45, 7) is 6.26. The first kappa shape index (κ1) is 5.72. The molecule has 1 aliphatic heterocycles. The van der Waals surface area contributed by atoms with Gasteiger partial charge in [0.25, 0.3) is 0 Å². The molecule has 1 saturated heterocycles. The molecule has 1 aliphatic carbocycles. The van der Waals surface area contributed by atoms with Crippen LogP contribution < -0.4 is 0 Å². The van der Waals surface area contributed by atoms with Crippen LogP contribution in [-0.4, -0.2) is 24.0 Å². The Balaban J connectivity index is 1.93. The van der Waals surface area contributed by atoms with Crippen LogP contribution in [0.3, 0.4) is 0 Å². The van der Waals surface area contributed by atoms with Gasteiger partial charge in [-0.3, -0.25) is 4.90 Å². The smallest absolute Gasteiger partial charge is 0.0136 e. The summed E-state index contributed by atoms with van der Waals surface area (Å²) in [6, 6.07) is 0.947. The molecule has 2 rings (SSSR count). The van der Waals surface area contributed by atoms with Crippen molar-refractivity contribution in [2.45, 2.75) is 25.3 Å². The Morgan fingerprint density at radius 2 is 2.33 bits per heavy atom. The van der Waals surface area contributed by atoms with Crippen LogP contribution in [0, 0.1) is 12.8 Å². The molecule has 1 heteroatoms. The summed E-state index contributed by atoms with van der Waals surface area (Å²) in [5.74, 6) is 1.06. The molecule has 2 aliphatic rings. The number of hydrogen-bond donors (Lipinski definition) is 0. The maximum atomic E-state index is 3.89. The zero-order valence-corrected chi connectivity index (χ0v) is 5.84. The molecule has 2 fully saturated rings. The monoisotopic (exact) mass is 124 g/mol. The van der Waals surface area contributed by atoms with E-state index in [0.29, 0.717) is 0 Å². The Labute approximate surface area is 57.0 Å². The number of nitrogens with zero attached hydrogens (tertiary/aromatic N) is 1. The molecule has 1 heterocycles. The van der Waals surface area contributed by atoms with E-state index in [2.05, 4.69) is 11.8 Å². The molecule has 51 valence electrons. The van der Waals surface area contributed by atoms with Crippen molar-refractivity contribution in [3.8, 4) is 0 Å². The average Bonchev–Trinajstić information content (AvgIpc) is 2.14. The van der Waals surface area contributed by atoms with Gasteiger partial charge in [0, 0.05) is 12.6 Å². The molecule has 9 heavy (non-hydrogen) atoms. The minimum Gasteiger partial charge on any atom is -0.300 e. The van der Waals surface area contributed by atoms with Crippen LogP contribution >= 0.6 is 0 Å². The highest BCUT2D eigenvalue weighted by molar-refractivity contribution is 4.95. The molecule has 0 N–H and O–H groups in total. The lowest BCUT2D eigenvalue weighted by Crippen LogP contribution is -2.52. The molecule has 1 saturated carbocycles. The molecule has 1 nitrogen and oxygen atoms in total. The molecule has 1 radical (unpaired) electrons. The van der Waals surface area contributed by atoms with Crippen molar-refractivity contribution >= 4 is 0 Å². The average molecular weight is 124 g/mol. The Morgan fingerprint density at radius 1 is 1.44 bits per heavy atom. The molecule has 2 atom stereocenters. The third-order valence-corrected chi connectivity index (χ3v) is 2.84. The molecule has 0 aromatic heterocycles. The van der Waals surface area contributed by atoms with E-state index in [0.717, 1.165) is 18.5 Å². The van der Waals surface area contributed by atoms with E-state index in [1.54, 1.807) is 0 Å². The first-order valence-corrected chi connectivity index (χ1v) is 3.95. The molecule has 0 spiro atoms. The van der Waals surface area contributed by atoms with Crippen LogP contribution in [0.2, 0.25) is 0 Å². The van der Waals surface area contributed by atoms with E-state index < -0.39 is 0 Å². The number of rotatable bonds is 1. The fraction of sp³-hybridized carbons (Fsp3) is 0.875. The second-order valence-corrected chi connectivity index (χ2v) is 3.25.